The van der Waals surface area contributed by atoms with Crippen molar-refractivity contribution in [1.29, 1.82) is 0 Å². The van der Waals surface area contributed by atoms with Crippen molar-refractivity contribution in [3.8, 4) is 0 Å². The lowest BCUT2D eigenvalue weighted by Crippen LogP contribution is -2.38. The van der Waals surface area contributed by atoms with Crippen molar-refractivity contribution in [2.75, 3.05) is 6.54 Å². The van der Waals surface area contributed by atoms with Crippen LogP contribution in [0.1, 0.15) is 5.69 Å². The molecule has 76 valence electrons. The highest BCUT2D eigenvalue weighted by atomic mass is 16.3. The Hall–Kier alpha value is -1.46. The molecule has 1 aromatic heterocycles. The molecule has 1 atom stereocenters. The average Bonchev–Trinajstić information content (AvgIpc) is 2.26. The number of pyridine rings is 1. The lowest BCUT2D eigenvalue weighted by Gasteiger charge is -2.08. The zero-order chi connectivity index (χ0) is 10.4. The Bertz CT molecular complexity index is 289. The van der Waals surface area contributed by atoms with Crippen molar-refractivity contribution in [2.45, 2.75) is 12.6 Å². The number of rotatable bonds is 4. The van der Waals surface area contributed by atoms with Gasteiger partial charge in [0.15, 0.2) is 0 Å². The molecule has 1 heterocycles. The van der Waals surface area contributed by atoms with Gasteiger partial charge in [-0.25, -0.2) is 0 Å². The molecule has 0 aliphatic rings. The summed E-state index contributed by atoms with van der Waals surface area (Å²) >= 11 is 0. The molecule has 1 aromatic rings. The molecule has 0 radical (unpaired) electrons. The van der Waals surface area contributed by atoms with E-state index in [1.165, 1.54) is 0 Å². The second-order valence-corrected chi connectivity index (χ2v) is 2.79. The molecular formula is C9H13N3O2. The minimum atomic E-state index is -1.14. The quantitative estimate of drug-likeness (QED) is 0.576. The maximum atomic E-state index is 11.1. The number of hydrogen-bond donors (Lipinski definition) is 3. The Morgan fingerprint density at radius 3 is 3.00 bits per heavy atom. The first kappa shape index (κ1) is 10.6. The lowest BCUT2D eigenvalue weighted by molar-refractivity contribution is -0.129. The second kappa shape index (κ2) is 5.31. The van der Waals surface area contributed by atoms with Gasteiger partial charge in [0.1, 0.15) is 6.10 Å². The highest BCUT2D eigenvalue weighted by Crippen LogP contribution is 1.92. The maximum Gasteiger partial charge on any atom is 0.250 e. The molecule has 1 rings (SSSR count). The first-order valence-corrected chi connectivity index (χ1v) is 4.30. The van der Waals surface area contributed by atoms with Gasteiger partial charge < -0.3 is 16.2 Å². The van der Waals surface area contributed by atoms with Crippen LogP contribution in [0.2, 0.25) is 0 Å². The number of aromatic nitrogens is 1. The van der Waals surface area contributed by atoms with E-state index in [1.807, 2.05) is 6.07 Å². The van der Waals surface area contributed by atoms with Gasteiger partial charge in [0.2, 0.25) is 5.91 Å². The predicted octanol–water partition coefficient (Wildman–Crippen LogP) is -0.983. The van der Waals surface area contributed by atoms with E-state index in [9.17, 15) is 4.79 Å². The average molecular weight is 195 g/mol. The van der Waals surface area contributed by atoms with Crippen LogP contribution in [0.15, 0.2) is 24.4 Å². The van der Waals surface area contributed by atoms with Crippen LogP contribution in [0.25, 0.3) is 0 Å². The molecule has 14 heavy (non-hydrogen) atoms. The molecule has 5 heteroatoms. The zero-order valence-electron chi connectivity index (χ0n) is 7.68. The van der Waals surface area contributed by atoms with Gasteiger partial charge in [-0.3, -0.25) is 9.78 Å². The van der Waals surface area contributed by atoms with Crippen molar-refractivity contribution in [3.05, 3.63) is 30.1 Å². The Balaban J connectivity index is 2.38. The summed E-state index contributed by atoms with van der Waals surface area (Å²) in [4.78, 5) is 15.1. The fraction of sp³-hybridized carbons (Fsp3) is 0.333. The lowest BCUT2D eigenvalue weighted by atomic mass is 10.3. The minimum absolute atomic E-state index is 0.0753. The molecule has 1 unspecified atom stereocenters. The van der Waals surface area contributed by atoms with Gasteiger partial charge in [0.25, 0.3) is 0 Å². The van der Waals surface area contributed by atoms with Crippen LogP contribution in [0.4, 0.5) is 0 Å². The molecular weight excluding hydrogens is 182 g/mol. The van der Waals surface area contributed by atoms with E-state index in [0.717, 1.165) is 5.69 Å². The van der Waals surface area contributed by atoms with E-state index in [-0.39, 0.29) is 6.54 Å². The third kappa shape index (κ3) is 3.12. The Morgan fingerprint density at radius 1 is 1.64 bits per heavy atom. The van der Waals surface area contributed by atoms with E-state index < -0.39 is 12.0 Å². The molecule has 1 amide bonds. The Morgan fingerprint density at radius 2 is 2.43 bits per heavy atom. The molecule has 0 aliphatic carbocycles. The molecule has 0 aromatic carbocycles. The van der Waals surface area contributed by atoms with E-state index >= 15 is 0 Å². The van der Waals surface area contributed by atoms with Crippen molar-refractivity contribution >= 4 is 5.91 Å². The fourth-order valence-electron chi connectivity index (χ4n) is 0.905. The van der Waals surface area contributed by atoms with Crippen molar-refractivity contribution in [3.63, 3.8) is 0 Å². The summed E-state index contributed by atoms with van der Waals surface area (Å²) in [6, 6.07) is 5.41. The summed E-state index contributed by atoms with van der Waals surface area (Å²) in [6.07, 6.45) is 0.500. The number of amides is 1. The Kier molecular flexibility index (Phi) is 4.03. The van der Waals surface area contributed by atoms with Crippen LogP contribution in [0, 0.1) is 0 Å². The van der Waals surface area contributed by atoms with Gasteiger partial charge in [-0.1, -0.05) is 6.07 Å². The number of nitrogens with two attached hydrogens (primary N) is 1. The smallest absolute Gasteiger partial charge is 0.250 e. The molecule has 0 bridgehead atoms. The molecule has 5 nitrogen and oxygen atoms in total. The summed E-state index contributed by atoms with van der Waals surface area (Å²) in [7, 11) is 0. The first-order chi connectivity index (χ1) is 6.74. The molecule has 0 saturated heterocycles. The monoisotopic (exact) mass is 195 g/mol. The van der Waals surface area contributed by atoms with Crippen LogP contribution < -0.4 is 11.1 Å². The second-order valence-electron chi connectivity index (χ2n) is 2.79. The minimum Gasteiger partial charge on any atom is -0.382 e. The number of nitrogens with zero attached hydrogens (tertiary/aromatic N) is 1. The topological polar surface area (TPSA) is 88.2 Å². The van der Waals surface area contributed by atoms with Gasteiger partial charge in [-0.05, 0) is 12.1 Å². The first-order valence-electron chi connectivity index (χ1n) is 4.30. The van der Waals surface area contributed by atoms with E-state index in [1.54, 1.807) is 18.3 Å². The number of aliphatic hydroxyl groups is 1. The molecule has 4 N–H and O–H groups in total. The molecule has 0 spiro atoms. The van der Waals surface area contributed by atoms with E-state index in [2.05, 4.69) is 10.3 Å². The van der Waals surface area contributed by atoms with Gasteiger partial charge in [0.05, 0.1) is 12.2 Å². The van der Waals surface area contributed by atoms with Crippen molar-refractivity contribution in [1.82, 2.24) is 10.3 Å². The number of carbonyl (C=O) groups excluding carboxylic acids is 1. The largest absolute Gasteiger partial charge is 0.382 e. The summed E-state index contributed by atoms with van der Waals surface area (Å²) in [5, 5.41) is 11.6. The molecule has 0 fully saturated rings. The van der Waals surface area contributed by atoms with Crippen LogP contribution in [-0.2, 0) is 11.3 Å². The fourth-order valence-corrected chi connectivity index (χ4v) is 0.905. The summed E-state index contributed by atoms with van der Waals surface area (Å²) in [5.41, 5.74) is 5.86. The zero-order valence-corrected chi connectivity index (χ0v) is 7.68. The highest BCUT2D eigenvalue weighted by Gasteiger charge is 2.11. The Labute approximate surface area is 82.0 Å². The number of hydrogen-bond acceptors (Lipinski definition) is 4. The van der Waals surface area contributed by atoms with Crippen LogP contribution in [0.5, 0.6) is 0 Å². The third-order valence-electron chi connectivity index (χ3n) is 1.70. The number of carbonyl (C=O) groups is 1. The van der Waals surface area contributed by atoms with Gasteiger partial charge >= 0.3 is 0 Å². The van der Waals surface area contributed by atoms with Gasteiger partial charge in [0, 0.05) is 12.7 Å². The van der Waals surface area contributed by atoms with Gasteiger partial charge in [-0.2, -0.15) is 0 Å². The van der Waals surface area contributed by atoms with E-state index in [4.69, 9.17) is 10.8 Å². The van der Waals surface area contributed by atoms with Gasteiger partial charge in [-0.15, -0.1) is 0 Å². The maximum absolute atomic E-state index is 11.1. The van der Waals surface area contributed by atoms with Crippen LogP contribution >= 0.6 is 0 Å². The SMILES string of the molecule is NCC(O)C(=O)NCc1ccccn1. The van der Waals surface area contributed by atoms with E-state index in [0.29, 0.717) is 6.54 Å². The van der Waals surface area contributed by atoms with Crippen molar-refractivity contribution < 1.29 is 9.90 Å². The number of nitrogens with one attached hydrogen (secondary N) is 1. The predicted molar refractivity (Wildman–Crippen MR) is 51.1 cm³/mol. The third-order valence-corrected chi connectivity index (χ3v) is 1.70. The number of aliphatic hydroxyl groups excluding tert-OH is 1. The molecule has 0 aliphatic heterocycles. The summed E-state index contributed by atoms with van der Waals surface area (Å²) in [6.45, 7) is 0.227. The van der Waals surface area contributed by atoms with Crippen LogP contribution in [0.3, 0.4) is 0 Å². The van der Waals surface area contributed by atoms with Crippen molar-refractivity contribution in [2.24, 2.45) is 5.73 Å². The normalized spacial score (nSPS) is 12.1. The highest BCUT2D eigenvalue weighted by molar-refractivity contribution is 5.80. The summed E-state index contributed by atoms with van der Waals surface area (Å²) < 4.78 is 0. The van der Waals surface area contributed by atoms with Crippen LogP contribution in [-0.4, -0.2) is 28.6 Å². The summed E-state index contributed by atoms with van der Waals surface area (Å²) in [5.74, 6) is -0.474. The standard InChI is InChI=1S/C9H13N3O2/c10-5-8(13)9(14)12-6-7-3-1-2-4-11-7/h1-4,8,13H,5-6,10H2,(H,12,14). The molecule has 0 saturated carbocycles.